The number of anilines is 1. The van der Waals surface area contributed by atoms with Gasteiger partial charge in [-0.05, 0) is 29.2 Å². The van der Waals surface area contributed by atoms with E-state index in [2.05, 4.69) is 47.5 Å². The lowest BCUT2D eigenvalue weighted by Gasteiger charge is -2.31. The number of ether oxygens (including phenoxy) is 1. The molecule has 0 aromatic heterocycles. The van der Waals surface area contributed by atoms with Gasteiger partial charge in [0.25, 0.3) is 0 Å². The molecule has 27 heavy (non-hydrogen) atoms. The minimum atomic E-state index is 0.0659. The Hall–Kier alpha value is -2.17. The average Bonchev–Trinajstić information content (AvgIpc) is 2.73. The Morgan fingerprint density at radius 3 is 2.52 bits per heavy atom. The van der Waals surface area contributed by atoms with Crippen LogP contribution in [0.25, 0.3) is 0 Å². The molecule has 1 heterocycles. The second-order valence-corrected chi connectivity index (χ2v) is 7.12. The highest BCUT2D eigenvalue weighted by Gasteiger charge is 2.20. The van der Waals surface area contributed by atoms with Gasteiger partial charge in [0.15, 0.2) is 5.78 Å². The van der Waals surface area contributed by atoms with E-state index in [0.29, 0.717) is 6.42 Å². The standard InChI is InChI=1S/C23H30N2O2/c1-3-18-15-20(9-10-23(18)25-13-11-24-12-14-25)22(16-21(26)17-27-2)19-7-5-4-6-8-19/h4-10,15,22,24H,3,11-14,16-17H2,1-2H3. The SMILES string of the molecule is CCc1cc(C(CC(=O)COC)c2ccccc2)ccc1N1CCNCC1. The van der Waals surface area contributed by atoms with Gasteiger partial charge in [-0.2, -0.15) is 0 Å². The van der Waals surface area contributed by atoms with Crippen molar-refractivity contribution in [2.24, 2.45) is 0 Å². The van der Waals surface area contributed by atoms with Crippen molar-refractivity contribution in [2.45, 2.75) is 25.7 Å². The summed E-state index contributed by atoms with van der Waals surface area (Å²) in [5.41, 5.74) is 5.08. The highest BCUT2D eigenvalue weighted by molar-refractivity contribution is 5.81. The van der Waals surface area contributed by atoms with Crippen LogP contribution in [0.3, 0.4) is 0 Å². The molecule has 2 aromatic carbocycles. The molecule has 0 amide bonds. The number of rotatable bonds is 8. The molecule has 1 unspecified atom stereocenters. The number of nitrogens with one attached hydrogen (secondary N) is 1. The predicted octanol–water partition coefficient (Wildman–Crippen LogP) is 3.40. The van der Waals surface area contributed by atoms with Crippen molar-refractivity contribution in [2.75, 3.05) is 44.8 Å². The van der Waals surface area contributed by atoms with Gasteiger partial charge in [-0.25, -0.2) is 0 Å². The van der Waals surface area contributed by atoms with E-state index >= 15 is 0 Å². The van der Waals surface area contributed by atoms with E-state index in [1.165, 1.54) is 22.4 Å². The largest absolute Gasteiger partial charge is 0.377 e. The molecule has 0 bridgehead atoms. The van der Waals surface area contributed by atoms with Gasteiger partial charge in [0.1, 0.15) is 6.61 Å². The molecule has 0 saturated carbocycles. The number of ketones is 1. The van der Waals surface area contributed by atoms with Gasteiger partial charge >= 0.3 is 0 Å². The Bertz CT molecular complexity index is 739. The number of Topliss-reactive ketones (excluding diaryl/α,β-unsaturated/α-hetero) is 1. The van der Waals surface area contributed by atoms with Crippen molar-refractivity contribution < 1.29 is 9.53 Å². The van der Waals surface area contributed by atoms with E-state index in [1.54, 1.807) is 7.11 Å². The summed E-state index contributed by atoms with van der Waals surface area (Å²) in [6.45, 7) is 6.52. The number of aryl methyl sites for hydroxylation is 1. The van der Waals surface area contributed by atoms with Crippen LogP contribution in [-0.2, 0) is 16.0 Å². The first kappa shape index (κ1) is 19.6. The van der Waals surface area contributed by atoms with Crippen molar-refractivity contribution in [3.05, 3.63) is 65.2 Å². The van der Waals surface area contributed by atoms with Crippen molar-refractivity contribution in [3.8, 4) is 0 Å². The summed E-state index contributed by atoms with van der Waals surface area (Å²) >= 11 is 0. The van der Waals surface area contributed by atoms with Crippen molar-refractivity contribution in [3.63, 3.8) is 0 Å². The first-order valence-electron chi connectivity index (χ1n) is 9.87. The summed E-state index contributed by atoms with van der Waals surface area (Å²) in [5, 5.41) is 3.42. The lowest BCUT2D eigenvalue weighted by Crippen LogP contribution is -2.43. The van der Waals surface area contributed by atoms with Crippen LogP contribution in [0, 0.1) is 0 Å². The number of carbonyl (C=O) groups excluding carboxylic acids is 1. The fraction of sp³-hybridized carbons (Fsp3) is 0.435. The molecular weight excluding hydrogens is 336 g/mol. The van der Waals surface area contributed by atoms with E-state index in [9.17, 15) is 4.79 Å². The molecular formula is C23H30N2O2. The molecule has 0 aliphatic carbocycles. The topological polar surface area (TPSA) is 41.6 Å². The lowest BCUT2D eigenvalue weighted by molar-refractivity contribution is -0.122. The zero-order valence-electron chi connectivity index (χ0n) is 16.4. The summed E-state index contributed by atoms with van der Waals surface area (Å²) < 4.78 is 5.06. The molecule has 1 N–H and O–H groups in total. The van der Waals surface area contributed by atoms with E-state index in [4.69, 9.17) is 4.74 Å². The minimum absolute atomic E-state index is 0.0659. The molecule has 1 aliphatic heterocycles. The minimum Gasteiger partial charge on any atom is -0.377 e. The fourth-order valence-electron chi connectivity index (χ4n) is 3.88. The van der Waals surface area contributed by atoms with Crippen LogP contribution in [0.15, 0.2) is 48.5 Å². The Morgan fingerprint density at radius 1 is 1.11 bits per heavy atom. The number of carbonyl (C=O) groups is 1. The molecule has 2 aromatic rings. The molecule has 1 fully saturated rings. The monoisotopic (exact) mass is 366 g/mol. The van der Waals surface area contributed by atoms with Crippen molar-refractivity contribution in [1.82, 2.24) is 5.32 Å². The van der Waals surface area contributed by atoms with Gasteiger partial charge in [0, 0.05) is 51.3 Å². The van der Waals surface area contributed by atoms with Gasteiger partial charge in [0.05, 0.1) is 0 Å². The zero-order chi connectivity index (χ0) is 19.1. The van der Waals surface area contributed by atoms with E-state index in [1.807, 2.05) is 18.2 Å². The van der Waals surface area contributed by atoms with E-state index in [0.717, 1.165) is 32.6 Å². The maximum atomic E-state index is 12.3. The van der Waals surface area contributed by atoms with Crippen LogP contribution in [-0.4, -0.2) is 45.7 Å². The van der Waals surface area contributed by atoms with E-state index < -0.39 is 0 Å². The zero-order valence-corrected chi connectivity index (χ0v) is 16.4. The van der Waals surface area contributed by atoms with Crippen LogP contribution in [0.4, 0.5) is 5.69 Å². The Kier molecular flexibility index (Phi) is 7.02. The lowest BCUT2D eigenvalue weighted by atomic mass is 9.86. The number of methoxy groups -OCH3 is 1. The van der Waals surface area contributed by atoms with Crippen LogP contribution >= 0.6 is 0 Å². The Morgan fingerprint density at radius 2 is 1.85 bits per heavy atom. The summed E-state index contributed by atoms with van der Waals surface area (Å²) in [6.07, 6.45) is 1.45. The molecule has 3 rings (SSSR count). The molecule has 4 nitrogen and oxygen atoms in total. The van der Waals surface area contributed by atoms with Crippen LogP contribution < -0.4 is 10.2 Å². The number of benzene rings is 2. The highest BCUT2D eigenvalue weighted by atomic mass is 16.5. The average molecular weight is 367 g/mol. The van der Waals surface area contributed by atoms with Crippen LogP contribution in [0.1, 0.15) is 36.0 Å². The fourth-order valence-corrected chi connectivity index (χ4v) is 3.88. The number of piperazine rings is 1. The van der Waals surface area contributed by atoms with Crippen LogP contribution in [0.2, 0.25) is 0 Å². The Balaban J connectivity index is 1.92. The molecule has 0 spiro atoms. The van der Waals surface area contributed by atoms with Crippen molar-refractivity contribution in [1.29, 1.82) is 0 Å². The van der Waals surface area contributed by atoms with Gasteiger partial charge in [-0.1, -0.05) is 49.4 Å². The molecule has 144 valence electrons. The van der Waals surface area contributed by atoms with Crippen molar-refractivity contribution >= 4 is 11.5 Å². The van der Waals surface area contributed by atoms with Gasteiger partial charge < -0.3 is 15.0 Å². The molecule has 0 radical (unpaired) electrons. The molecule has 1 atom stereocenters. The second-order valence-electron chi connectivity index (χ2n) is 7.12. The number of hydrogen-bond donors (Lipinski definition) is 1. The predicted molar refractivity (Wildman–Crippen MR) is 111 cm³/mol. The second kappa shape index (κ2) is 9.67. The molecule has 1 aliphatic rings. The van der Waals surface area contributed by atoms with Gasteiger partial charge in [-0.15, -0.1) is 0 Å². The maximum absolute atomic E-state index is 12.3. The van der Waals surface area contributed by atoms with Gasteiger partial charge in [-0.3, -0.25) is 4.79 Å². The highest BCUT2D eigenvalue weighted by Crippen LogP contribution is 2.32. The normalized spacial score (nSPS) is 15.6. The first-order chi connectivity index (χ1) is 13.2. The van der Waals surface area contributed by atoms with E-state index in [-0.39, 0.29) is 18.3 Å². The molecule has 1 saturated heterocycles. The number of nitrogens with zero attached hydrogens (tertiary/aromatic N) is 1. The molecule has 4 heteroatoms. The Labute approximate surface area is 162 Å². The summed E-state index contributed by atoms with van der Waals surface area (Å²) in [5.74, 6) is 0.201. The van der Waals surface area contributed by atoms with Gasteiger partial charge in [0.2, 0.25) is 0 Å². The number of hydrogen-bond acceptors (Lipinski definition) is 4. The third-order valence-electron chi connectivity index (χ3n) is 5.28. The smallest absolute Gasteiger partial charge is 0.159 e. The summed E-state index contributed by atoms with van der Waals surface area (Å²) in [7, 11) is 1.58. The van der Waals surface area contributed by atoms with Crippen LogP contribution in [0.5, 0.6) is 0 Å². The quantitative estimate of drug-likeness (QED) is 0.777. The third-order valence-corrected chi connectivity index (χ3v) is 5.28. The first-order valence-corrected chi connectivity index (χ1v) is 9.87. The summed E-state index contributed by atoms with van der Waals surface area (Å²) in [4.78, 5) is 14.8. The third kappa shape index (κ3) is 4.96. The summed E-state index contributed by atoms with van der Waals surface area (Å²) in [6, 6.07) is 17.1. The maximum Gasteiger partial charge on any atom is 0.159 e.